The first-order valence-electron chi connectivity index (χ1n) is 8.85. The summed E-state index contributed by atoms with van der Waals surface area (Å²) in [4.78, 5) is 21.4. The Morgan fingerprint density at radius 3 is 2.77 bits per heavy atom. The maximum Gasteiger partial charge on any atom is 0.259 e. The first-order chi connectivity index (χ1) is 12.4. The number of amides is 1. The van der Waals surface area contributed by atoms with Crippen molar-refractivity contribution in [3.05, 3.63) is 29.8 Å². The lowest BCUT2D eigenvalue weighted by molar-refractivity contribution is 0.102. The molecule has 0 aliphatic rings. The summed E-state index contributed by atoms with van der Waals surface area (Å²) in [5.41, 5.74) is 7.94. The minimum atomic E-state index is -0.281. The molecule has 0 saturated carbocycles. The highest BCUT2D eigenvalue weighted by atomic mass is 16.1. The van der Waals surface area contributed by atoms with Gasteiger partial charge in [0.05, 0.1) is 10.9 Å². The molecule has 1 amide bonds. The van der Waals surface area contributed by atoms with Crippen molar-refractivity contribution in [2.45, 2.75) is 52.5 Å². The largest absolute Gasteiger partial charge is 0.383 e. The van der Waals surface area contributed by atoms with E-state index in [0.29, 0.717) is 28.2 Å². The molecule has 0 fully saturated rings. The predicted octanol–water partition coefficient (Wildman–Crippen LogP) is 3.22. The van der Waals surface area contributed by atoms with E-state index in [-0.39, 0.29) is 11.4 Å². The minimum absolute atomic E-state index is 0.157. The van der Waals surface area contributed by atoms with Crippen molar-refractivity contribution in [2.75, 3.05) is 11.1 Å². The molecule has 0 aliphatic carbocycles. The average molecular weight is 355 g/mol. The molecule has 0 aromatic carbocycles. The zero-order valence-corrected chi connectivity index (χ0v) is 15.6. The molecule has 1 atom stereocenters. The summed E-state index contributed by atoms with van der Waals surface area (Å²) >= 11 is 0. The first kappa shape index (κ1) is 17.9. The number of hydrogen-bond acceptors (Lipinski definition) is 5. The van der Waals surface area contributed by atoms with E-state index in [1.54, 1.807) is 6.07 Å². The smallest absolute Gasteiger partial charge is 0.259 e. The van der Waals surface area contributed by atoms with Gasteiger partial charge in [0, 0.05) is 23.5 Å². The van der Waals surface area contributed by atoms with Crippen LogP contribution in [0.1, 0.15) is 56.1 Å². The van der Waals surface area contributed by atoms with E-state index in [1.807, 2.05) is 13.1 Å². The van der Waals surface area contributed by atoms with Gasteiger partial charge >= 0.3 is 0 Å². The molecule has 0 saturated heterocycles. The zero-order valence-electron chi connectivity index (χ0n) is 15.6. The fourth-order valence-corrected chi connectivity index (χ4v) is 3.34. The lowest BCUT2D eigenvalue weighted by Gasteiger charge is -2.30. The number of rotatable bonds is 6. The van der Waals surface area contributed by atoms with Crippen molar-refractivity contribution in [3.63, 3.8) is 0 Å². The maximum atomic E-state index is 12.9. The Labute approximate surface area is 152 Å². The van der Waals surface area contributed by atoms with E-state index in [4.69, 9.17) is 5.73 Å². The molecule has 4 N–H and O–H groups in total. The van der Waals surface area contributed by atoms with Crippen LogP contribution >= 0.6 is 0 Å². The highest BCUT2D eigenvalue weighted by Crippen LogP contribution is 2.34. The number of H-pyrrole nitrogens is 1. The van der Waals surface area contributed by atoms with Crippen molar-refractivity contribution in [1.29, 1.82) is 0 Å². The summed E-state index contributed by atoms with van der Waals surface area (Å²) in [5, 5.41) is 10.3. The summed E-state index contributed by atoms with van der Waals surface area (Å²) in [6, 6.07) is 1.77. The molecule has 0 bridgehead atoms. The molecule has 3 aromatic heterocycles. The second-order valence-corrected chi connectivity index (χ2v) is 6.86. The van der Waals surface area contributed by atoms with Crippen molar-refractivity contribution in [2.24, 2.45) is 0 Å². The van der Waals surface area contributed by atoms with Crippen molar-refractivity contribution >= 4 is 28.6 Å². The van der Waals surface area contributed by atoms with Gasteiger partial charge in [-0.1, -0.05) is 20.3 Å². The van der Waals surface area contributed by atoms with Crippen LogP contribution in [-0.2, 0) is 5.54 Å². The molecule has 26 heavy (non-hydrogen) atoms. The van der Waals surface area contributed by atoms with Crippen LogP contribution in [0.15, 0.2) is 18.6 Å². The molecule has 1 unspecified atom stereocenters. The maximum absolute atomic E-state index is 12.9. The number of fused-ring (bicyclic) bond motifs is 1. The first-order valence-corrected chi connectivity index (χ1v) is 8.85. The lowest BCUT2D eigenvalue weighted by Crippen LogP contribution is -2.28. The normalized spacial score (nSPS) is 13.7. The third-order valence-corrected chi connectivity index (χ3v) is 4.94. The van der Waals surface area contributed by atoms with Gasteiger partial charge in [-0.2, -0.15) is 5.10 Å². The molecule has 3 heterocycles. The van der Waals surface area contributed by atoms with Gasteiger partial charge in [0.2, 0.25) is 0 Å². The van der Waals surface area contributed by atoms with E-state index in [1.165, 1.54) is 6.33 Å². The Morgan fingerprint density at radius 1 is 1.38 bits per heavy atom. The standard InChI is InChI=1S/C18H25N7O/c1-5-7-18(4,6-2)25-9-12(14-15(19)20-10-21-16(14)25)17(26)22-13-8-11(3)23-24-13/h8-10H,5-7H2,1-4H3,(H2,19,20,21)(H2,22,23,24,26). The predicted molar refractivity (Wildman–Crippen MR) is 102 cm³/mol. The van der Waals surface area contributed by atoms with Crippen molar-refractivity contribution < 1.29 is 4.79 Å². The number of carbonyl (C=O) groups is 1. The van der Waals surface area contributed by atoms with Gasteiger partial charge < -0.3 is 15.6 Å². The number of carbonyl (C=O) groups excluding carboxylic acids is 1. The quantitative estimate of drug-likeness (QED) is 0.628. The Balaban J connectivity index is 2.12. The number of nitrogens with one attached hydrogen (secondary N) is 2. The SMILES string of the molecule is CCCC(C)(CC)n1cc(C(=O)Nc2cc(C)[nH]n2)c2c(N)ncnc21. The fraction of sp³-hybridized carbons (Fsp3) is 0.444. The highest BCUT2D eigenvalue weighted by molar-refractivity contribution is 6.14. The van der Waals surface area contributed by atoms with Gasteiger partial charge in [-0.3, -0.25) is 9.89 Å². The third kappa shape index (κ3) is 3.02. The summed E-state index contributed by atoms with van der Waals surface area (Å²) < 4.78 is 2.06. The van der Waals surface area contributed by atoms with Crippen LogP contribution in [0.25, 0.3) is 11.0 Å². The molecular weight excluding hydrogens is 330 g/mol. The summed E-state index contributed by atoms with van der Waals surface area (Å²) in [6.07, 6.45) is 6.18. The van der Waals surface area contributed by atoms with E-state index >= 15 is 0 Å². The minimum Gasteiger partial charge on any atom is -0.383 e. The molecule has 0 radical (unpaired) electrons. The number of nitrogen functional groups attached to an aromatic ring is 1. The monoisotopic (exact) mass is 355 g/mol. The third-order valence-electron chi connectivity index (χ3n) is 4.94. The second kappa shape index (κ2) is 6.78. The lowest BCUT2D eigenvalue weighted by atomic mass is 9.93. The van der Waals surface area contributed by atoms with Gasteiger partial charge in [-0.25, -0.2) is 9.97 Å². The summed E-state index contributed by atoms with van der Waals surface area (Å²) in [7, 11) is 0. The Morgan fingerprint density at radius 2 is 2.15 bits per heavy atom. The Hall–Kier alpha value is -2.90. The van der Waals surface area contributed by atoms with E-state index < -0.39 is 0 Å². The van der Waals surface area contributed by atoms with Crippen LogP contribution in [0, 0.1) is 6.92 Å². The summed E-state index contributed by atoms with van der Waals surface area (Å²) in [6.45, 7) is 8.33. The second-order valence-electron chi connectivity index (χ2n) is 6.86. The molecule has 8 nitrogen and oxygen atoms in total. The van der Waals surface area contributed by atoms with Crippen molar-refractivity contribution in [3.8, 4) is 0 Å². The van der Waals surface area contributed by atoms with E-state index in [9.17, 15) is 4.79 Å². The summed E-state index contributed by atoms with van der Waals surface area (Å²) in [5.74, 6) is 0.486. The number of aromatic amines is 1. The molecule has 0 spiro atoms. The van der Waals surface area contributed by atoms with Gasteiger partial charge in [0.15, 0.2) is 5.82 Å². The topological polar surface area (TPSA) is 115 Å². The Kier molecular flexibility index (Phi) is 4.67. The van der Waals surface area contributed by atoms with E-state index in [0.717, 1.165) is 25.0 Å². The van der Waals surface area contributed by atoms with Crippen LogP contribution in [0.4, 0.5) is 11.6 Å². The molecule has 138 valence electrons. The van der Waals surface area contributed by atoms with Gasteiger partial charge in [-0.15, -0.1) is 0 Å². The number of nitrogens with zero attached hydrogens (tertiary/aromatic N) is 4. The van der Waals surface area contributed by atoms with E-state index in [2.05, 4.69) is 50.8 Å². The molecule has 8 heteroatoms. The van der Waals surface area contributed by atoms with Gasteiger partial charge in [0.1, 0.15) is 17.8 Å². The van der Waals surface area contributed by atoms with Crippen LogP contribution in [0.2, 0.25) is 0 Å². The van der Waals surface area contributed by atoms with Crippen LogP contribution in [-0.4, -0.2) is 30.6 Å². The van der Waals surface area contributed by atoms with Crippen LogP contribution in [0.3, 0.4) is 0 Å². The molecule has 3 aromatic rings. The van der Waals surface area contributed by atoms with Crippen LogP contribution < -0.4 is 11.1 Å². The highest BCUT2D eigenvalue weighted by Gasteiger charge is 2.29. The van der Waals surface area contributed by atoms with Crippen LogP contribution in [0.5, 0.6) is 0 Å². The average Bonchev–Trinajstić information content (AvgIpc) is 3.20. The molecular formula is C18H25N7O. The molecule has 0 aliphatic heterocycles. The number of anilines is 2. The fourth-order valence-electron chi connectivity index (χ4n) is 3.34. The van der Waals surface area contributed by atoms with Gasteiger partial charge in [0.25, 0.3) is 5.91 Å². The Bertz CT molecular complexity index is 942. The molecule has 3 rings (SSSR count). The van der Waals surface area contributed by atoms with Crippen molar-refractivity contribution in [1.82, 2.24) is 24.7 Å². The van der Waals surface area contributed by atoms with Gasteiger partial charge in [-0.05, 0) is 26.7 Å². The number of aryl methyl sites for hydroxylation is 1. The number of nitrogens with two attached hydrogens (primary N) is 1. The zero-order chi connectivity index (χ0) is 18.9. The number of aromatic nitrogens is 5. The number of hydrogen-bond donors (Lipinski definition) is 3.